The fourth-order valence-corrected chi connectivity index (χ4v) is 4.64. The van der Waals surface area contributed by atoms with Crippen molar-refractivity contribution in [1.82, 2.24) is 4.90 Å². The number of rotatable bonds is 1. The van der Waals surface area contributed by atoms with Gasteiger partial charge in [-0.05, 0) is 41.8 Å². The van der Waals surface area contributed by atoms with Crippen molar-refractivity contribution in [2.24, 2.45) is 0 Å². The number of fused-ring (bicyclic) bond motifs is 3. The zero-order chi connectivity index (χ0) is 17.9. The van der Waals surface area contributed by atoms with Crippen LogP contribution in [0.5, 0.6) is 0 Å². The summed E-state index contributed by atoms with van der Waals surface area (Å²) in [4.78, 5) is 14.9. The minimum atomic E-state index is -0.703. The third kappa shape index (κ3) is 1.95. The van der Waals surface area contributed by atoms with Crippen LogP contribution in [0.4, 0.5) is 0 Å². The van der Waals surface area contributed by atoms with Gasteiger partial charge < -0.3 is 9.64 Å². The molecule has 1 amide bonds. The highest BCUT2D eigenvalue weighted by Gasteiger charge is 2.57. The van der Waals surface area contributed by atoms with E-state index in [4.69, 9.17) is 4.74 Å². The van der Waals surface area contributed by atoms with Gasteiger partial charge in [0.05, 0.1) is 6.61 Å². The van der Waals surface area contributed by atoms with Crippen LogP contribution in [0.3, 0.4) is 0 Å². The summed E-state index contributed by atoms with van der Waals surface area (Å²) in [6, 6.07) is 21.0. The normalized spacial score (nSPS) is 24.6. The van der Waals surface area contributed by atoms with Crippen molar-refractivity contribution in [3.63, 3.8) is 0 Å². The number of hydrogen-bond donors (Lipinski definition) is 0. The molecular weight excluding hydrogens is 322 g/mol. The van der Waals surface area contributed by atoms with Crippen LogP contribution in [0.2, 0.25) is 0 Å². The van der Waals surface area contributed by atoms with Gasteiger partial charge in [-0.3, -0.25) is 4.79 Å². The molecule has 1 spiro atoms. The fourth-order valence-electron chi connectivity index (χ4n) is 4.64. The van der Waals surface area contributed by atoms with Gasteiger partial charge in [0, 0.05) is 24.1 Å². The van der Waals surface area contributed by atoms with Crippen molar-refractivity contribution in [2.45, 2.75) is 25.0 Å². The quantitative estimate of drug-likeness (QED) is 0.647. The first-order valence-corrected chi connectivity index (χ1v) is 9.13. The Morgan fingerprint density at radius 1 is 1.04 bits per heavy atom. The number of carbonyl (C=O) groups is 1. The smallest absolute Gasteiger partial charge is 0.256 e. The van der Waals surface area contributed by atoms with Crippen LogP contribution < -0.4 is 0 Å². The number of likely N-dealkylation sites (N-methyl/N-ethyl adjacent to an activating group) is 1. The highest BCUT2D eigenvalue weighted by Crippen LogP contribution is 2.54. The van der Waals surface area contributed by atoms with Crippen LogP contribution in [0.15, 0.2) is 60.7 Å². The van der Waals surface area contributed by atoms with Crippen molar-refractivity contribution in [1.29, 1.82) is 0 Å². The molecule has 2 atom stereocenters. The lowest BCUT2D eigenvalue weighted by Gasteiger charge is -2.37. The van der Waals surface area contributed by atoms with Gasteiger partial charge in [0.15, 0.2) is 5.72 Å². The molecule has 3 heteroatoms. The summed E-state index contributed by atoms with van der Waals surface area (Å²) in [5, 5.41) is 2.24. The molecule has 0 bridgehead atoms. The summed E-state index contributed by atoms with van der Waals surface area (Å²) in [6.45, 7) is 2.75. The largest absolute Gasteiger partial charge is 0.350 e. The van der Waals surface area contributed by atoms with Gasteiger partial charge in [-0.2, -0.15) is 0 Å². The maximum Gasteiger partial charge on any atom is 0.256 e. The molecule has 3 nitrogen and oxygen atoms in total. The molecular formula is C23H21NO2. The molecule has 1 fully saturated rings. The minimum Gasteiger partial charge on any atom is -0.350 e. The molecule has 0 aliphatic carbocycles. The fraction of sp³-hybridized carbons (Fsp3) is 0.261. The Hall–Kier alpha value is -2.65. The van der Waals surface area contributed by atoms with Crippen LogP contribution in [0, 0.1) is 6.92 Å². The Bertz CT molecular complexity index is 1020. The van der Waals surface area contributed by atoms with Crippen molar-refractivity contribution >= 4 is 16.7 Å². The second kappa shape index (κ2) is 5.42. The summed E-state index contributed by atoms with van der Waals surface area (Å²) in [5.74, 6) is 0.184. The Morgan fingerprint density at radius 2 is 1.73 bits per heavy atom. The zero-order valence-corrected chi connectivity index (χ0v) is 15.0. The lowest BCUT2D eigenvalue weighted by atomic mass is 9.82. The van der Waals surface area contributed by atoms with E-state index in [1.54, 1.807) is 0 Å². The van der Waals surface area contributed by atoms with E-state index in [1.807, 2.05) is 30.1 Å². The standard InChI is InChI=1S/C23H21NO2/c1-15-7-9-16(10-8-15)20-11-12-26-23(20)21-14-18-6-4-3-5-17(18)13-19(21)22(25)24(23)2/h3-10,13-14,20H,11-12H2,1-2H3/t20-,23+/m0/s1. The molecule has 3 aromatic carbocycles. The lowest BCUT2D eigenvalue weighted by Crippen LogP contribution is -2.44. The first-order valence-electron chi connectivity index (χ1n) is 9.13. The Balaban J connectivity index is 1.74. The predicted molar refractivity (Wildman–Crippen MR) is 102 cm³/mol. The third-order valence-corrected chi connectivity index (χ3v) is 5.99. The second-order valence-corrected chi connectivity index (χ2v) is 7.41. The van der Waals surface area contributed by atoms with Gasteiger partial charge >= 0.3 is 0 Å². The van der Waals surface area contributed by atoms with E-state index in [0.717, 1.165) is 28.3 Å². The summed E-state index contributed by atoms with van der Waals surface area (Å²) in [7, 11) is 1.87. The first-order chi connectivity index (χ1) is 12.6. The molecule has 0 saturated carbocycles. The predicted octanol–water partition coefficient (Wildman–Crippen LogP) is 4.59. The van der Waals surface area contributed by atoms with Crippen LogP contribution in [-0.4, -0.2) is 24.5 Å². The SMILES string of the molecule is Cc1ccc([C@@H]2CCO[C@@]23c2cc4ccccc4cc2C(=O)N3C)cc1. The molecule has 0 radical (unpaired) electrons. The second-order valence-electron chi connectivity index (χ2n) is 7.41. The van der Waals surface area contributed by atoms with Gasteiger partial charge in [0.1, 0.15) is 0 Å². The van der Waals surface area contributed by atoms with Crippen molar-refractivity contribution in [3.8, 4) is 0 Å². The van der Waals surface area contributed by atoms with Crippen molar-refractivity contribution in [3.05, 3.63) is 82.9 Å². The van der Waals surface area contributed by atoms with E-state index in [1.165, 1.54) is 11.1 Å². The topological polar surface area (TPSA) is 29.5 Å². The van der Waals surface area contributed by atoms with Crippen LogP contribution in [0.1, 0.15) is 39.4 Å². The lowest BCUT2D eigenvalue weighted by molar-refractivity contribution is -0.0996. The van der Waals surface area contributed by atoms with Gasteiger partial charge in [-0.25, -0.2) is 0 Å². The number of aryl methyl sites for hydroxylation is 1. The number of amides is 1. The Kier molecular flexibility index (Phi) is 3.25. The molecule has 2 aliphatic rings. The molecule has 0 unspecified atom stereocenters. The van der Waals surface area contributed by atoms with Crippen LogP contribution in [-0.2, 0) is 10.5 Å². The highest BCUT2D eigenvalue weighted by molar-refractivity contribution is 6.04. The van der Waals surface area contributed by atoms with Crippen molar-refractivity contribution in [2.75, 3.05) is 13.7 Å². The van der Waals surface area contributed by atoms with E-state index in [2.05, 4.69) is 49.4 Å². The molecule has 3 aromatic rings. The van der Waals surface area contributed by atoms with Crippen LogP contribution in [0.25, 0.3) is 10.8 Å². The Labute approximate surface area is 153 Å². The number of hydrogen-bond acceptors (Lipinski definition) is 2. The molecule has 2 aliphatic heterocycles. The van der Waals surface area contributed by atoms with Gasteiger partial charge in [0.25, 0.3) is 5.91 Å². The average molecular weight is 343 g/mol. The monoisotopic (exact) mass is 343 g/mol. The van der Waals surface area contributed by atoms with E-state index >= 15 is 0 Å². The average Bonchev–Trinajstić information content (AvgIpc) is 3.19. The van der Waals surface area contributed by atoms with Gasteiger partial charge in [-0.1, -0.05) is 54.1 Å². The van der Waals surface area contributed by atoms with E-state index in [-0.39, 0.29) is 11.8 Å². The van der Waals surface area contributed by atoms with Crippen molar-refractivity contribution < 1.29 is 9.53 Å². The van der Waals surface area contributed by atoms with Gasteiger partial charge in [0.2, 0.25) is 0 Å². The third-order valence-electron chi connectivity index (χ3n) is 5.99. The van der Waals surface area contributed by atoms with Gasteiger partial charge in [-0.15, -0.1) is 0 Å². The minimum absolute atomic E-state index is 0.0461. The Morgan fingerprint density at radius 3 is 2.46 bits per heavy atom. The molecule has 130 valence electrons. The molecule has 0 N–H and O–H groups in total. The summed E-state index contributed by atoms with van der Waals surface area (Å²) in [5.41, 5.74) is 3.54. The van der Waals surface area contributed by atoms with Crippen LogP contribution >= 0.6 is 0 Å². The molecule has 2 heterocycles. The summed E-state index contributed by atoms with van der Waals surface area (Å²) >= 11 is 0. The molecule has 26 heavy (non-hydrogen) atoms. The first kappa shape index (κ1) is 15.6. The molecule has 0 aromatic heterocycles. The van der Waals surface area contributed by atoms with E-state index in [0.29, 0.717) is 6.61 Å². The summed E-state index contributed by atoms with van der Waals surface area (Å²) < 4.78 is 6.36. The zero-order valence-electron chi connectivity index (χ0n) is 15.0. The summed E-state index contributed by atoms with van der Waals surface area (Å²) in [6.07, 6.45) is 0.910. The maximum atomic E-state index is 13.1. The number of carbonyl (C=O) groups excluding carboxylic acids is 1. The number of benzene rings is 3. The number of ether oxygens (including phenoxy) is 1. The maximum absolute atomic E-state index is 13.1. The van der Waals surface area contributed by atoms with E-state index < -0.39 is 5.72 Å². The number of nitrogens with zero attached hydrogens (tertiary/aromatic N) is 1. The molecule has 1 saturated heterocycles. The van der Waals surface area contributed by atoms with E-state index in [9.17, 15) is 4.79 Å². The highest BCUT2D eigenvalue weighted by atomic mass is 16.5. The molecule has 5 rings (SSSR count).